The molecule has 0 aromatic rings. The van der Waals surface area contributed by atoms with Crippen molar-refractivity contribution < 1.29 is 23.4 Å². The van der Waals surface area contributed by atoms with E-state index in [9.17, 15) is 13.2 Å². The maximum atomic E-state index is 12.1. The number of piperidine rings is 1. The zero-order chi connectivity index (χ0) is 11.5. The van der Waals surface area contributed by atoms with Crippen molar-refractivity contribution in [1.82, 2.24) is 4.90 Å². The average molecular weight is 227 g/mol. The topological polar surface area (TPSA) is 43.7 Å². The Morgan fingerprint density at radius 1 is 1.33 bits per heavy atom. The summed E-state index contributed by atoms with van der Waals surface area (Å²) in [6.45, 7) is -0.0718. The number of aliphatic hydroxyl groups excluding tert-OH is 2. The minimum atomic E-state index is -4.57. The van der Waals surface area contributed by atoms with Gasteiger partial charge in [-0.25, -0.2) is 0 Å². The third-order valence-electron chi connectivity index (χ3n) is 2.75. The molecule has 3 nitrogen and oxygen atoms in total. The third-order valence-corrected chi connectivity index (χ3v) is 2.75. The predicted octanol–water partition coefficient (Wildman–Crippen LogP) is 0.756. The first-order valence-corrected chi connectivity index (χ1v) is 5.05. The van der Waals surface area contributed by atoms with Crippen LogP contribution in [0.25, 0.3) is 0 Å². The summed E-state index contributed by atoms with van der Waals surface area (Å²) >= 11 is 0. The summed E-state index contributed by atoms with van der Waals surface area (Å²) in [5, 5.41) is 17.9. The molecular weight excluding hydrogens is 211 g/mol. The highest BCUT2D eigenvalue weighted by atomic mass is 19.4. The molecule has 0 bridgehead atoms. The third kappa shape index (κ3) is 3.62. The van der Waals surface area contributed by atoms with E-state index in [0.717, 1.165) is 12.8 Å². The zero-order valence-electron chi connectivity index (χ0n) is 8.37. The van der Waals surface area contributed by atoms with Crippen molar-refractivity contribution in [2.75, 3.05) is 19.7 Å². The number of β-amino-alcohol motifs (C(OH)–C–C–N with tert-alkyl or cyclic N) is 1. The molecular formula is C9H16F3NO2. The number of likely N-dealkylation sites (tertiary alicyclic amines) is 1. The number of rotatable bonds is 3. The molecule has 6 heteroatoms. The molecule has 0 unspecified atom stereocenters. The summed E-state index contributed by atoms with van der Waals surface area (Å²) in [6, 6.07) is -0.240. The van der Waals surface area contributed by atoms with E-state index in [1.54, 1.807) is 0 Å². The van der Waals surface area contributed by atoms with E-state index in [1.807, 2.05) is 0 Å². The predicted molar refractivity (Wildman–Crippen MR) is 48.4 cm³/mol. The summed E-state index contributed by atoms with van der Waals surface area (Å²) in [6.07, 6.45) is -4.45. The van der Waals surface area contributed by atoms with Crippen LogP contribution in [0.4, 0.5) is 13.2 Å². The maximum Gasteiger partial charge on any atom is 0.415 e. The lowest BCUT2D eigenvalue weighted by Crippen LogP contribution is -2.48. The van der Waals surface area contributed by atoms with Gasteiger partial charge in [-0.2, -0.15) is 13.2 Å². The van der Waals surface area contributed by atoms with E-state index in [2.05, 4.69) is 0 Å². The molecule has 90 valence electrons. The summed E-state index contributed by atoms with van der Waals surface area (Å²) in [5.74, 6) is 0. The lowest BCUT2D eigenvalue weighted by Gasteiger charge is -2.36. The second kappa shape index (κ2) is 5.14. The zero-order valence-corrected chi connectivity index (χ0v) is 8.37. The number of halogens is 3. The Hall–Kier alpha value is -0.330. The molecule has 15 heavy (non-hydrogen) atoms. The Labute approximate surface area is 86.5 Å². The molecule has 0 amide bonds. The standard InChI is InChI=1S/C9H16F3NO2/c10-9(11,12)8(15)5-13-4-2-1-3-7(13)6-14/h7-8,14-15H,1-6H2/t7-,8-/m1/s1. The molecule has 1 fully saturated rings. The fourth-order valence-electron chi connectivity index (χ4n) is 1.83. The van der Waals surface area contributed by atoms with E-state index in [0.29, 0.717) is 13.0 Å². The van der Waals surface area contributed by atoms with Gasteiger partial charge in [0.25, 0.3) is 0 Å². The molecule has 0 aliphatic carbocycles. The molecule has 1 saturated heterocycles. The van der Waals surface area contributed by atoms with Crippen molar-refractivity contribution in [2.24, 2.45) is 0 Å². The first-order chi connectivity index (χ1) is 6.95. The summed E-state index contributed by atoms with van der Waals surface area (Å²) in [7, 11) is 0. The molecule has 1 aliphatic rings. The van der Waals surface area contributed by atoms with Crippen LogP contribution in [-0.4, -0.2) is 53.1 Å². The number of aliphatic hydroxyl groups is 2. The first kappa shape index (κ1) is 12.7. The second-order valence-electron chi connectivity index (χ2n) is 3.88. The van der Waals surface area contributed by atoms with Gasteiger partial charge in [0.15, 0.2) is 6.10 Å². The van der Waals surface area contributed by atoms with Crippen molar-refractivity contribution in [3.8, 4) is 0 Å². The lowest BCUT2D eigenvalue weighted by atomic mass is 10.0. The van der Waals surface area contributed by atoms with Crippen LogP contribution in [-0.2, 0) is 0 Å². The number of hydrogen-bond acceptors (Lipinski definition) is 3. The Balaban J connectivity index is 2.48. The van der Waals surface area contributed by atoms with E-state index in [1.165, 1.54) is 4.90 Å². The molecule has 1 rings (SSSR count). The van der Waals surface area contributed by atoms with Crippen LogP contribution in [0.3, 0.4) is 0 Å². The molecule has 0 saturated carbocycles. The van der Waals surface area contributed by atoms with Gasteiger partial charge in [0.2, 0.25) is 0 Å². The highest BCUT2D eigenvalue weighted by Gasteiger charge is 2.40. The number of nitrogens with zero attached hydrogens (tertiary/aromatic N) is 1. The summed E-state index contributed by atoms with van der Waals surface area (Å²) in [5.41, 5.74) is 0. The monoisotopic (exact) mass is 227 g/mol. The van der Waals surface area contributed by atoms with E-state index in [-0.39, 0.29) is 12.6 Å². The van der Waals surface area contributed by atoms with Crippen LogP contribution in [0.2, 0.25) is 0 Å². The van der Waals surface area contributed by atoms with Crippen molar-refractivity contribution in [3.63, 3.8) is 0 Å². The summed E-state index contributed by atoms with van der Waals surface area (Å²) < 4.78 is 36.3. The largest absolute Gasteiger partial charge is 0.415 e. The molecule has 0 aromatic heterocycles. The van der Waals surface area contributed by atoms with Crippen molar-refractivity contribution in [2.45, 2.75) is 37.6 Å². The van der Waals surface area contributed by atoms with Crippen LogP contribution < -0.4 is 0 Å². The molecule has 0 radical (unpaired) electrons. The van der Waals surface area contributed by atoms with Gasteiger partial charge < -0.3 is 10.2 Å². The van der Waals surface area contributed by atoms with Gasteiger partial charge >= 0.3 is 6.18 Å². The van der Waals surface area contributed by atoms with E-state index < -0.39 is 18.8 Å². The van der Waals surface area contributed by atoms with Crippen molar-refractivity contribution >= 4 is 0 Å². The van der Waals surface area contributed by atoms with Gasteiger partial charge in [0.05, 0.1) is 6.61 Å². The van der Waals surface area contributed by atoms with Gasteiger partial charge in [-0.05, 0) is 19.4 Å². The minimum Gasteiger partial charge on any atom is -0.395 e. The average Bonchev–Trinajstić information content (AvgIpc) is 2.17. The first-order valence-electron chi connectivity index (χ1n) is 5.05. The lowest BCUT2D eigenvalue weighted by molar-refractivity contribution is -0.210. The highest BCUT2D eigenvalue weighted by molar-refractivity contribution is 4.80. The fourth-order valence-corrected chi connectivity index (χ4v) is 1.83. The molecule has 2 N–H and O–H groups in total. The minimum absolute atomic E-state index is 0.148. The molecule has 0 spiro atoms. The SMILES string of the molecule is OC[C@H]1CCCCN1C[C@@H](O)C(F)(F)F. The van der Waals surface area contributed by atoms with Gasteiger partial charge in [0.1, 0.15) is 0 Å². The van der Waals surface area contributed by atoms with Gasteiger partial charge in [0, 0.05) is 12.6 Å². The molecule has 0 aromatic carbocycles. The smallest absolute Gasteiger partial charge is 0.395 e. The maximum absolute atomic E-state index is 12.1. The molecule has 1 heterocycles. The Bertz CT molecular complexity index is 198. The van der Waals surface area contributed by atoms with Crippen LogP contribution in [0.5, 0.6) is 0 Å². The van der Waals surface area contributed by atoms with Crippen LogP contribution in [0.1, 0.15) is 19.3 Å². The van der Waals surface area contributed by atoms with Crippen LogP contribution >= 0.6 is 0 Å². The molecule has 1 aliphatic heterocycles. The van der Waals surface area contributed by atoms with Crippen LogP contribution in [0.15, 0.2) is 0 Å². The fraction of sp³-hybridized carbons (Fsp3) is 1.00. The Morgan fingerprint density at radius 3 is 2.53 bits per heavy atom. The normalized spacial score (nSPS) is 26.6. The van der Waals surface area contributed by atoms with Crippen LogP contribution in [0, 0.1) is 0 Å². The number of hydrogen-bond donors (Lipinski definition) is 2. The highest BCUT2D eigenvalue weighted by Crippen LogP contribution is 2.23. The van der Waals surface area contributed by atoms with Gasteiger partial charge in [-0.3, -0.25) is 4.90 Å². The van der Waals surface area contributed by atoms with Gasteiger partial charge in [-0.15, -0.1) is 0 Å². The van der Waals surface area contributed by atoms with E-state index >= 15 is 0 Å². The van der Waals surface area contributed by atoms with E-state index in [4.69, 9.17) is 10.2 Å². The quantitative estimate of drug-likeness (QED) is 0.748. The van der Waals surface area contributed by atoms with Gasteiger partial charge in [-0.1, -0.05) is 6.42 Å². The van der Waals surface area contributed by atoms with Crippen molar-refractivity contribution in [3.05, 3.63) is 0 Å². The molecule has 2 atom stereocenters. The second-order valence-corrected chi connectivity index (χ2v) is 3.88. The number of alkyl halides is 3. The Kier molecular flexibility index (Phi) is 4.36. The summed E-state index contributed by atoms with van der Waals surface area (Å²) in [4.78, 5) is 1.52. The Morgan fingerprint density at radius 2 is 2.00 bits per heavy atom. The van der Waals surface area contributed by atoms with Crippen molar-refractivity contribution in [1.29, 1.82) is 0 Å².